The number of nitrogens with zero attached hydrogens (tertiary/aromatic N) is 2. The summed E-state index contributed by atoms with van der Waals surface area (Å²) in [4.78, 5) is 42.3. The minimum atomic E-state index is -1.55. The third kappa shape index (κ3) is 1.77. The van der Waals surface area contributed by atoms with Gasteiger partial charge in [-0.1, -0.05) is 30.3 Å². The Kier molecular flexibility index (Phi) is 2.86. The zero-order valence-electron chi connectivity index (χ0n) is 13.5. The van der Waals surface area contributed by atoms with Crippen molar-refractivity contribution in [3.05, 3.63) is 70.8 Å². The quantitative estimate of drug-likeness (QED) is 0.677. The van der Waals surface area contributed by atoms with E-state index in [2.05, 4.69) is 10.3 Å². The van der Waals surface area contributed by atoms with Crippen molar-refractivity contribution >= 4 is 28.5 Å². The van der Waals surface area contributed by atoms with Crippen LogP contribution >= 0.6 is 0 Å². The number of anilines is 1. The van der Waals surface area contributed by atoms with Crippen LogP contribution < -0.4 is 10.9 Å². The molecular weight excluding hydrogens is 334 g/mol. The van der Waals surface area contributed by atoms with E-state index in [1.54, 1.807) is 48.5 Å². The molecule has 26 heavy (non-hydrogen) atoms. The predicted octanol–water partition coefficient (Wildman–Crippen LogP) is 1.73. The van der Waals surface area contributed by atoms with Crippen LogP contribution in [-0.4, -0.2) is 21.4 Å². The molecule has 3 heterocycles. The zero-order chi connectivity index (χ0) is 17.9. The average Bonchev–Trinajstić information content (AvgIpc) is 3.14. The highest BCUT2D eigenvalue weighted by Gasteiger charge is 2.61. The van der Waals surface area contributed by atoms with Gasteiger partial charge in [0, 0.05) is 11.3 Å². The lowest BCUT2D eigenvalue weighted by Gasteiger charge is -2.28. The van der Waals surface area contributed by atoms with Gasteiger partial charge in [-0.15, -0.1) is 0 Å². The van der Waals surface area contributed by atoms with E-state index < -0.39 is 23.5 Å². The predicted molar refractivity (Wildman–Crippen MR) is 92.5 cm³/mol. The fraction of sp³-hybridized carbons (Fsp3) is 0.158. The molecule has 128 valence electrons. The van der Waals surface area contributed by atoms with Crippen LogP contribution in [0.3, 0.4) is 0 Å². The Morgan fingerprint density at radius 1 is 1.08 bits per heavy atom. The molecule has 1 fully saturated rings. The molecule has 7 nitrogen and oxygen atoms in total. The molecule has 1 spiro atoms. The number of rotatable bonds is 1. The number of para-hydroxylation sites is 2. The molecular formula is C19H13N3O4. The summed E-state index contributed by atoms with van der Waals surface area (Å²) in [6.07, 6.45) is 1.30. The van der Waals surface area contributed by atoms with Crippen LogP contribution in [0.25, 0.3) is 10.9 Å². The normalized spacial score (nSPS) is 23.9. The average molecular weight is 347 g/mol. The van der Waals surface area contributed by atoms with Gasteiger partial charge >= 0.3 is 5.97 Å². The van der Waals surface area contributed by atoms with Crippen molar-refractivity contribution in [1.82, 2.24) is 9.55 Å². The Morgan fingerprint density at radius 3 is 2.73 bits per heavy atom. The molecule has 0 aliphatic carbocycles. The number of aromatic nitrogens is 2. The lowest BCUT2D eigenvalue weighted by Crippen LogP contribution is -2.43. The van der Waals surface area contributed by atoms with Gasteiger partial charge in [-0.05, 0) is 18.2 Å². The maximum Gasteiger partial charge on any atom is 0.309 e. The molecule has 2 atom stereocenters. The number of carbonyl (C=O) groups is 2. The highest BCUT2D eigenvalue weighted by atomic mass is 16.6. The van der Waals surface area contributed by atoms with E-state index in [-0.39, 0.29) is 12.0 Å². The van der Waals surface area contributed by atoms with Crippen molar-refractivity contribution in [3.63, 3.8) is 0 Å². The molecule has 1 amide bonds. The first kappa shape index (κ1) is 14.8. The monoisotopic (exact) mass is 347 g/mol. The van der Waals surface area contributed by atoms with Gasteiger partial charge in [0.2, 0.25) is 5.60 Å². The minimum Gasteiger partial charge on any atom is -0.441 e. The lowest BCUT2D eigenvalue weighted by molar-refractivity contribution is -0.157. The number of hydrogen-bond acceptors (Lipinski definition) is 5. The van der Waals surface area contributed by atoms with Gasteiger partial charge in [0.25, 0.3) is 11.5 Å². The molecule has 1 N–H and O–H groups in total. The second-order valence-electron chi connectivity index (χ2n) is 6.40. The maximum absolute atomic E-state index is 13.0. The van der Waals surface area contributed by atoms with Crippen molar-refractivity contribution in [1.29, 1.82) is 0 Å². The molecule has 5 rings (SSSR count). The van der Waals surface area contributed by atoms with Crippen LogP contribution in [-0.2, 0) is 19.9 Å². The van der Waals surface area contributed by atoms with Gasteiger partial charge in [0.15, 0.2) is 0 Å². The van der Waals surface area contributed by atoms with Gasteiger partial charge in [0.1, 0.15) is 6.04 Å². The lowest BCUT2D eigenvalue weighted by atomic mass is 9.87. The van der Waals surface area contributed by atoms with Gasteiger partial charge in [-0.3, -0.25) is 19.0 Å². The topological polar surface area (TPSA) is 90.3 Å². The Bertz CT molecular complexity index is 1150. The molecule has 7 heteroatoms. The molecule has 2 aliphatic heterocycles. The van der Waals surface area contributed by atoms with Gasteiger partial charge in [-0.2, -0.15) is 0 Å². The zero-order valence-corrected chi connectivity index (χ0v) is 13.5. The van der Waals surface area contributed by atoms with E-state index in [1.165, 1.54) is 10.9 Å². The summed E-state index contributed by atoms with van der Waals surface area (Å²) in [5.74, 6) is -0.975. The van der Waals surface area contributed by atoms with Crippen molar-refractivity contribution < 1.29 is 14.3 Å². The molecule has 0 radical (unpaired) electrons. The second kappa shape index (κ2) is 5.01. The van der Waals surface area contributed by atoms with Crippen molar-refractivity contribution in [2.24, 2.45) is 0 Å². The highest BCUT2D eigenvalue weighted by molar-refractivity contribution is 6.07. The van der Waals surface area contributed by atoms with Crippen LogP contribution in [0, 0.1) is 0 Å². The summed E-state index contributed by atoms with van der Waals surface area (Å²) >= 11 is 0. The number of amides is 1. The van der Waals surface area contributed by atoms with E-state index >= 15 is 0 Å². The van der Waals surface area contributed by atoms with Crippen molar-refractivity contribution in [2.45, 2.75) is 18.1 Å². The number of hydrogen-bond donors (Lipinski definition) is 1. The van der Waals surface area contributed by atoms with Crippen LogP contribution in [0.5, 0.6) is 0 Å². The summed E-state index contributed by atoms with van der Waals surface area (Å²) in [5, 5.41) is 3.18. The Balaban J connectivity index is 1.77. The fourth-order valence-electron chi connectivity index (χ4n) is 3.88. The van der Waals surface area contributed by atoms with E-state index in [0.717, 1.165) is 0 Å². The molecule has 2 aromatic carbocycles. The SMILES string of the molecule is O=C1CC(n2cnc3ccccc3c2=O)C2(O1)C(=O)Nc1ccccc12. The number of nitrogens with one attached hydrogen (secondary N) is 1. The molecule has 3 aromatic rings. The maximum atomic E-state index is 13.0. The molecule has 1 aromatic heterocycles. The van der Waals surface area contributed by atoms with Crippen molar-refractivity contribution in [3.8, 4) is 0 Å². The van der Waals surface area contributed by atoms with E-state index in [1.807, 2.05) is 0 Å². The van der Waals surface area contributed by atoms with Crippen LogP contribution in [0.1, 0.15) is 18.0 Å². The third-order valence-electron chi connectivity index (χ3n) is 5.04. The third-order valence-corrected chi connectivity index (χ3v) is 5.04. The number of fused-ring (bicyclic) bond motifs is 3. The largest absolute Gasteiger partial charge is 0.441 e. The van der Waals surface area contributed by atoms with Crippen LogP contribution in [0.4, 0.5) is 5.69 Å². The van der Waals surface area contributed by atoms with Gasteiger partial charge in [0.05, 0.1) is 23.7 Å². The Labute approximate surface area is 147 Å². The van der Waals surface area contributed by atoms with Crippen molar-refractivity contribution in [2.75, 3.05) is 5.32 Å². The standard InChI is InChI=1S/C19H13N3O4/c23-16-9-15(22-10-20-13-7-3-1-5-11(13)17(22)24)19(26-16)12-6-2-4-8-14(12)21-18(19)25/h1-8,10,15H,9H2,(H,21,25). The van der Waals surface area contributed by atoms with E-state index in [9.17, 15) is 14.4 Å². The number of carbonyl (C=O) groups excluding carboxylic acids is 2. The van der Waals surface area contributed by atoms with E-state index in [0.29, 0.717) is 22.2 Å². The van der Waals surface area contributed by atoms with Crippen LogP contribution in [0.2, 0.25) is 0 Å². The fourth-order valence-corrected chi connectivity index (χ4v) is 3.88. The summed E-state index contributed by atoms with van der Waals surface area (Å²) in [6.45, 7) is 0. The summed E-state index contributed by atoms with van der Waals surface area (Å²) in [5.41, 5.74) is -0.165. The smallest absolute Gasteiger partial charge is 0.309 e. The summed E-state index contributed by atoms with van der Waals surface area (Å²) < 4.78 is 6.89. The molecule has 0 saturated carbocycles. The highest BCUT2D eigenvalue weighted by Crippen LogP contribution is 2.51. The first-order valence-corrected chi connectivity index (χ1v) is 8.20. The van der Waals surface area contributed by atoms with Gasteiger partial charge < -0.3 is 10.1 Å². The minimum absolute atomic E-state index is 0.0817. The number of ether oxygens (including phenoxy) is 1. The molecule has 0 bridgehead atoms. The molecule has 2 unspecified atom stereocenters. The summed E-state index contributed by atoms with van der Waals surface area (Å²) in [6, 6.07) is 13.2. The first-order chi connectivity index (χ1) is 12.6. The van der Waals surface area contributed by atoms with Gasteiger partial charge in [-0.25, -0.2) is 4.98 Å². The molecule has 1 saturated heterocycles. The molecule has 2 aliphatic rings. The summed E-state index contributed by atoms with van der Waals surface area (Å²) in [7, 11) is 0. The van der Waals surface area contributed by atoms with E-state index in [4.69, 9.17) is 4.74 Å². The first-order valence-electron chi connectivity index (χ1n) is 8.20. The number of benzene rings is 2. The number of esters is 1. The Hall–Kier alpha value is -3.48. The van der Waals surface area contributed by atoms with Crippen LogP contribution in [0.15, 0.2) is 59.7 Å². The second-order valence-corrected chi connectivity index (χ2v) is 6.40. The Morgan fingerprint density at radius 2 is 1.85 bits per heavy atom.